The molecular weight excluding hydrogens is 238 g/mol. The maximum absolute atomic E-state index is 11.7. The van der Waals surface area contributed by atoms with E-state index < -0.39 is 17.4 Å². The van der Waals surface area contributed by atoms with Crippen molar-refractivity contribution in [2.45, 2.75) is 20.8 Å². The second-order valence-electron chi connectivity index (χ2n) is 4.53. The summed E-state index contributed by atoms with van der Waals surface area (Å²) in [7, 11) is 1.52. The van der Waals surface area contributed by atoms with E-state index in [4.69, 9.17) is 5.11 Å². The zero-order valence-electron chi connectivity index (χ0n) is 11.2. The molecule has 0 spiro atoms. The van der Waals surface area contributed by atoms with Gasteiger partial charge in [0.15, 0.2) is 0 Å². The smallest absolute Gasteiger partial charge is 0.323 e. The normalized spacial score (nSPS) is 10.7. The summed E-state index contributed by atoms with van der Waals surface area (Å²) in [5, 5.41) is 13.7. The predicted octanol–water partition coefficient (Wildman–Crippen LogP) is -0.125. The van der Waals surface area contributed by atoms with E-state index in [-0.39, 0.29) is 19.0 Å². The molecule has 104 valence electrons. The van der Waals surface area contributed by atoms with Crippen LogP contribution in [-0.2, 0) is 9.59 Å². The lowest BCUT2D eigenvalue weighted by Gasteiger charge is -2.25. The summed E-state index contributed by atoms with van der Waals surface area (Å²) in [6, 6.07) is -0.489. The van der Waals surface area contributed by atoms with Gasteiger partial charge in [-0.3, -0.25) is 9.59 Å². The zero-order chi connectivity index (χ0) is 14.3. The summed E-state index contributed by atoms with van der Waals surface area (Å²) < 4.78 is 0. The molecule has 0 aromatic carbocycles. The average molecular weight is 259 g/mol. The molecule has 0 bridgehead atoms. The molecule has 0 aromatic heterocycles. The van der Waals surface area contributed by atoms with Crippen LogP contribution in [-0.4, -0.2) is 54.6 Å². The Morgan fingerprint density at radius 1 is 1.28 bits per heavy atom. The standard InChI is InChI=1S/C11H21N3O4/c1-5-14(6-8(15)16)10(18)13-7-11(2,3)9(17)12-4/h5-7H2,1-4H3,(H,12,17)(H,13,18)(H,15,16). The Hall–Kier alpha value is -1.79. The van der Waals surface area contributed by atoms with Crippen molar-refractivity contribution in [2.75, 3.05) is 26.7 Å². The van der Waals surface area contributed by atoms with Crippen molar-refractivity contribution in [2.24, 2.45) is 5.41 Å². The van der Waals surface area contributed by atoms with Crippen molar-refractivity contribution >= 4 is 17.9 Å². The number of amides is 3. The molecule has 0 radical (unpaired) electrons. The summed E-state index contributed by atoms with van der Waals surface area (Å²) in [5.74, 6) is -1.26. The summed E-state index contributed by atoms with van der Waals surface area (Å²) in [6.07, 6.45) is 0. The van der Waals surface area contributed by atoms with Crippen LogP contribution in [0.5, 0.6) is 0 Å². The van der Waals surface area contributed by atoms with Gasteiger partial charge < -0.3 is 20.6 Å². The van der Waals surface area contributed by atoms with E-state index in [1.807, 2.05) is 0 Å². The second-order valence-corrected chi connectivity index (χ2v) is 4.53. The number of aliphatic carboxylic acids is 1. The van der Waals surface area contributed by atoms with Gasteiger partial charge in [0, 0.05) is 20.1 Å². The molecule has 0 aliphatic heterocycles. The molecule has 0 saturated carbocycles. The Morgan fingerprint density at radius 3 is 2.22 bits per heavy atom. The molecule has 3 N–H and O–H groups in total. The SMILES string of the molecule is CCN(CC(=O)O)C(=O)NCC(C)(C)C(=O)NC. The van der Waals surface area contributed by atoms with Gasteiger partial charge in [-0.2, -0.15) is 0 Å². The fourth-order valence-corrected chi connectivity index (χ4v) is 1.32. The van der Waals surface area contributed by atoms with E-state index in [9.17, 15) is 14.4 Å². The van der Waals surface area contributed by atoms with E-state index in [0.717, 1.165) is 4.90 Å². The molecule has 0 rings (SSSR count). The minimum atomic E-state index is -1.07. The molecule has 0 unspecified atom stereocenters. The van der Waals surface area contributed by atoms with Gasteiger partial charge in [0.2, 0.25) is 5.91 Å². The van der Waals surface area contributed by atoms with Crippen molar-refractivity contribution in [1.29, 1.82) is 0 Å². The summed E-state index contributed by atoms with van der Waals surface area (Å²) in [4.78, 5) is 34.9. The third kappa shape index (κ3) is 5.03. The Morgan fingerprint density at radius 2 is 1.83 bits per heavy atom. The average Bonchev–Trinajstić information content (AvgIpc) is 2.31. The maximum atomic E-state index is 11.7. The van der Waals surface area contributed by atoms with E-state index in [0.29, 0.717) is 6.54 Å². The van der Waals surface area contributed by atoms with E-state index in [1.54, 1.807) is 20.8 Å². The third-order valence-corrected chi connectivity index (χ3v) is 2.52. The molecule has 0 atom stereocenters. The first kappa shape index (κ1) is 16.2. The van der Waals surface area contributed by atoms with Crippen LogP contribution in [0.25, 0.3) is 0 Å². The highest BCUT2D eigenvalue weighted by Gasteiger charge is 2.28. The van der Waals surface area contributed by atoms with E-state index >= 15 is 0 Å². The van der Waals surface area contributed by atoms with Crippen molar-refractivity contribution in [1.82, 2.24) is 15.5 Å². The molecule has 0 saturated heterocycles. The van der Waals surface area contributed by atoms with Crippen LogP contribution in [0, 0.1) is 5.41 Å². The van der Waals surface area contributed by atoms with Crippen LogP contribution in [0.1, 0.15) is 20.8 Å². The van der Waals surface area contributed by atoms with Crippen LogP contribution < -0.4 is 10.6 Å². The van der Waals surface area contributed by atoms with Crippen LogP contribution in [0.2, 0.25) is 0 Å². The number of likely N-dealkylation sites (N-methyl/N-ethyl adjacent to an activating group) is 1. The molecular formula is C11H21N3O4. The summed E-state index contributed by atoms with van der Waals surface area (Å²) in [5.41, 5.74) is -0.743. The highest BCUT2D eigenvalue weighted by molar-refractivity contribution is 5.83. The van der Waals surface area contributed by atoms with Crippen LogP contribution in [0.15, 0.2) is 0 Å². The van der Waals surface area contributed by atoms with Crippen molar-refractivity contribution in [3.8, 4) is 0 Å². The number of carboxylic acid groups (broad SMARTS) is 1. The minimum absolute atomic E-state index is 0.141. The van der Waals surface area contributed by atoms with Crippen molar-refractivity contribution in [3.05, 3.63) is 0 Å². The Kier molecular flexibility index (Phi) is 6.15. The maximum Gasteiger partial charge on any atom is 0.323 e. The van der Waals surface area contributed by atoms with Crippen LogP contribution in [0.4, 0.5) is 4.79 Å². The molecule has 0 aliphatic carbocycles. The largest absolute Gasteiger partial charge is 0.480 e. The molecule has 3 amide bonds. The van der Waals surface area contributed by atoms with Crippen molar-refractivity contribution in [3.63, 3.8) is 0 Å². The molecule has 7 nitrogen and oxygen atoms in total. The second kappa shape index (κ2) is 6.83. The number of rotatable bonds is 6. The number of nitrogens with one attached hydrogen (secondary N) is 2. The molecule has 0 aliphatic rings. The number of urea groups is 1. The molecule has 18 heavy (non-hydrogen) atoms. The fraction of sp³-hybridized carbons (Fsp3) is 0.727. The number of carboxylic acids is 1. The van der Waals surface area contributed by atoms with E-state index in [1.165, 1.54) is 7.05 Å². The lowest BCUT2D eigenvalue weighted by molar-refractivity contribution is -0.137. The molecule has 7 heteroatoms. The fourth-order valence-electron chi connectivity index (χ4n) is 1.32. The van der Waals surface area contributed by atoms with Gasteiger partial charge in [-0.1, -0.05) is 0 Å². The first-order valence-corrected chi connectivity index (χ1v) is 5.71. The summed E-state index contributed by atoms with van der Waals surface area (Å²) >= 11 is 0. The number of nitrogens with zero attached hydrogens (tertiary/aromatic N) is 1. The first-order valence-electron chi connectivity index (χ1n) is 5.71. The topological polar surface area (TPSA) is 98.7 Å². The lowest BCUT2D eigenvalue weighted by Crippen LogP contribution is -2.48. The molecule has 0 fully saturated rings. The van der Waals surface area contributed by atoms with Gasteiger partial charge in [-0.05, 0) is 20.8 Å². The number of hydrogen-bond acceptors (Lipinski definition) is 3. The van der Waals surface area contributed by atoms with Gasteiger partial charge in [-0.25, -0.2) is 4.79 Å². The zero-order valence-corrected chi connectivity index (χ0v) is 11.2. The quantitative estimate of drug-likeness (QED) is 0.619. The number of carbonyl (C=O) groups is 3. The summed E-state index contributed by atoms with van der Waals surface area (Å²) in [6.45, 7) is 5.15. The van der Waals surface area contributed by atoms with Gasteiger partial charge in [0.25, 0.3) is 0 Å². The van der Waals surface area contributed by atoms with Gasteiger partial charge >= 0.3 is 12.0 Å². The van der Waals surface area contributed by atoms with E-state index in [2.05, 4.69) is 10.6 Å². The third-order valence-electron chi connectivity index (χ3n) is 2.52. The van der Waals surface area contributed by atoms with Gasteiger partial charge in [0.05, 0.1) is 5.41 Å². The van der Waals surface area contributed by atoms with Crippen molar-refractivity contribution < 1.29 is 19.5 Å². The van der Waals surface area contributed by atoms with Gasteiger partial charge in [0.1, 0.15) is 6.54 Å². The predicted molar refractivity (Wildman–Crippen MR) is 66.1 cm³/mol. The number of carbonyl (C=O) groups excluding carboxylic acids is 2. The number of hydrogen-bond donors (Lipinski definition) is 3. The monoisotopic (exact) mass is 259 g/mol. The Bertz CT molecular complexity index is 328. The first-order chi connectivity index (χ1) is 8.24. The molecule has 0 aromatic rings. The Balaban J connectivity index is 4.39. The minimum Gasteiger partial charge on any atom is -0.480 e. The highest BCUT2D eigenvalue weighted by Crippen LogP contribution is 2.13. The lowest BCUT2D eigenvalue weighted by atomic mass is 9.92. The highest BCUT2D eigenvalue weighted by atomic mass is 16.4. The van der Waals surface area contributed by atoms with Crippen LogP contribution >= 0.6 is 0 Å². The molecule has 0 heterocycles. The Labute approximate surface area is 107 Å². The van der Waals surface area contributed by atoms with Crippen LogP contribution in [0.3, 0.4) is 0 Å². The van der Waals surface area contributed by atoms with Gasteiger partial charge in [-0.15, -0.1) is 0 Å².